The predicted octanol–water partition coefficient (Wildman–Crippen LogP) is 3.32. The molecule has 1 atom stereocenters. The summed E-state index contributed by atoms with van der Waals surface area (Å²) >= 11 is 0. The van der Waals surface area contributed by atoms with Gasteiger partial charge < -0.3 is 9.15 Å². The highest BCUT2D eigenvalue weighted by molar-refractivity contribution is 7.91. The Morgan fingerprint density at radius 3 is 2.57 bits per heavy atom. The zero-order valence-corrected chi connectivity index (χ0v) is 18.3. The lowest BCUT2D eigenvalue weighted by atomic mass is 9.92. The summed E-state index contributed by atoms with van der Waals surface area (Å²) in [6.45, 7) is 9.48. The molecule has 1 aliphatic heterocycles. The minimum absolute atomic E-state index is 0.0446. The molecule has 1 fully saturated rings. The Bertz CT molecular complexity index is 902. The molecule has 0 aliphatic carbocycles. The molecular formula is C20H31N3O4S. The summed E-state index contributed by atoms with van der Waals surface area (Å²) in [6, 6.07) is 2.01. The molecule has 0 amide bonds. The molecule has 0 aromatic carbocycles. The van der Waals surface area contributed by atoms with Gasteiger partial charge in [0.1, 0.15) is 12.0 Å². The summed E-state index contributed by atoms with van der Waals surface area (Å²) in [5.41, 5.74) is 2.45. The fourth-order valence-electron chi connectivity index (χ4n) is 3.50. The molecule has 0 N–H and O–H groups in total. The molecule has 7 nitrogen and oxygen atoms in total. The largest absolute Gasteiger partial charge is 0.448 e. The number of sulfone groups is 1. The van der Waals surface area contributed by atoms with Gasteiger partial charge in [-0.2, -0.15) is 5.10 Å². The van der Waals surface area contributed by atoms with E-state index in [1.807, 2.05) is 20.0 Å². The fourth-order valence-corrected chi connectivity index (χ4v) is 5.59. The van der Waals surface area contributed by atoms with Crippen LogP contribution in [0.5, 0.6) is 0 Å². The van der Waals surface area contributed by atoms with E-state index in [9.17, 15) is 8.42 Å². The Labute approximate surface area is 167 Å². The van der Waals surface area contributed by atoms with Gasteiger partial charge in [-0.05, 0) is 24.8 Å². The molecule has 0 bridgehead atoms. The van der Waals surface area contributed by atoms with Crippen molar-refractivity contribution in [1.29, 1.82) is 0 Å². The van der Waals surface area contributed by atoms with E-state index in [1.54, 1.807) is 10.9 Å². The average Bonchev–Trinajstić information content (AvgIpc) is 3.21. The molecule has 2 aromatic heterocycles. The summed E-state index contributed by atoms with van der Waals surface area (Å²) in [5, 5.41) is 4.57. The summed E-state index contributed by atoms with van der Waals surface area (Å²) < 4.78 is 37.9. The average molecular weight is 410 g/mol. The maximum atomic E-state index is 12.6. The van der Waals surface area contributed by atoms with Crippen molar-refractivity contribution in [3.63, 3.8) is 0 Å². The van der Waals surface area contributed by atoms with Crippen LogP contribution in [0.15, 0.2) is 16.7 Å². The van der Waals surface area contributed by atoms with Crippen LogP contribution in [0.2, 0.25) is 0 Å². The van der Waals surface area contributed by atoms with E-state index >= 15 is 0 Å². The standard InChI is InChI=1S/C20H31N3O4S/c1-14(12-28(24,25)13-15-6-8-26-9-7-15)19-21-16(11-27-19)17-10-18(20(2,3)4)22-23(17)5/h10-11,14-15H,6-9,12-13H2,1-5H3. The Hall–Kier alpha value is -1.67. The highest BCUT2D eigenvalue weighted by Gasteiger charge is 2.27. The first-order valence-corrected chi connectivity index (χ1v) is 11.7. The molecular weight excluding hydrogens is 378 g/mol. The third-order valence-corrected chi connectivity index (χ3v) is 7.18. The van der Waals surface area contributed by atoms with E-state index in [0.717, 1.165) is 24.2 Å². The van der Waals surface area contributed by atoms with Crippen molar-refractivity contribution in [2.45, 2.75) is 51.9 Å². The second-order valence-electron chi connectivity index (χ2n) is 8.89. The van der Waals surface area contributed by atoms with Crippen molar-refractivity contribution < 1.29 is 17.6 Å². The molecule has 156 valence electrons. The van der Waals surface area contributed by atoms with E-state index < -0.39 is 9.84 Å². The Kier molecular flexibility index (Phi) is 6.00. The van der Waals surface area contributed by atoms with Gasteiger partial charge in [0.2, 0.25) is 0 Å². The first-order valence-electron chi connectivity index (χ1n) is 9.83. The molecule has 28 heavy (non-hydrogen) atoms. The van der Waals surface area contributed by atoms with Crippen LogP contribution in [0.3, 0.4) is 0 Å². The minimum Gasteiger partial charge on any atom is -0.448 e. The van der Waals surface area contributed by atoms with E-state index in [1.165, 1.54) is 0 Å². The molecule has 0 spiro atoms. The molecule has 1 saturated heterocycles. The van der Waals surface area contributed by atoms with Crippen molar-refractivity contribution in [2.75, 3.05) is 24.7 Å². The van der Waals surface area contributed by atoms with E-state index in [0.29, 0.717) is 24.8 Å². The van der Waals surface area contributed by atoms with Crippen LogP contribution >= 0.6 is 0 Å². The maximum absolute atomic E-state index is 12.6. The number of ether oxygens (including phenoxy) is 1. The van der Waals surface area contributed by atoms with Gasteiger partial charge in [-0.25, -0.2) is 13.4 Å². The van der Waals surface area contributed by atoms with Gasteiger partial charge in [-0.1, -0.05) is 27.7 Å². The summed E-state index contributed by atoms with van der Waals surface area (Å²) in [7, 11) is -1.30. The Balaban J connectivity index is 1.70. The van der Waals surface area contributed by atoms with Gasteiger partial charge in [0, 0.05) is 31.6 Å². The molecule has 1 unspecified atom stereocenters. The van der Waals surface area contributed by atoms with Crippen LogP contribution in [0, 0.1) is 5.92 Å². The number of hydrogen-bond acceptors (Lipinski definition) is 6. The van der Waals surface area contributed by atoms with Crippen molar-refractivity contribution in [3.05, 3.63) is 23.9 Å². The second kappa shape index (κ2) is 7.99. The first kappa shape index (κ1) is 21.0. The molecule has 3 heterocycles. The molecule has 8 heteroatoms. The summed E-state index contributed by atoms with van der Waals surface area (Å²) in [6.07, 6.45) is 3.21. The number of rotatable bonds is 6. The molecule has 0 radical (unpaired) electrons. The zero-order valence-electron chi connectivity index (χ0n) is 17.4. The number of nitrogens with zero attached hydrogens (tertiary/aromatic N) is 3. The normalized spacial score (nSPS) is 17.8. The van der Waals surface area contributed by atoms with E-state index in [2.05, 4.69) is 30.9 Å². The number of oxazole rings is 1. The summed E-state index contributed by atoms with van der Waals surface area (Å²) in [5.74, 6) is 0.600. The Morgan fingerprint density at radius 2 is 1.96 bits per heavy atom. The predicted molar refractivity (Wildman–Crippen MR) is 108 cm³/mol. The molecule has 2 aromatic rings. The van der Waals surface area contributed by atoms with Crippen molar-refractivity contribution in [1.82, 2.24) is 14.8 Å². The van der Waals surface area contributed by atoms with Gasteiger partial charge in [-0.3, -0.25) is 4.68 Å². The SMILES string of the molecule is CC(CS(=O)(=O)CC1CCOCC1)c1nc(-c2cc(C(C)(C)C)nn2C)co1. The van der Waals surface area contributed by atoms with Crippen LogP contribution in [0.1, 0.15) is 58.0 Å². The van der Waals surface area contributed by atoms with Crippen LogP contribution < -0.4 is 0 Å². The molecule has 1 aliphatic rings. The highest BCUT2D eigenvalue weighted by atomic mass is 32.2. The number of aromatic nitrogens is 3. The zero-order chi connectivity index (χ0) is 20.5. The van der Waals surface area contributed by atoms with Gasteiger partial charge in [0.15, 0.2) is 15.7 Å². The lowest BCUT2D eigenvalue weighted by Gasteiger charge is -2.22. The third-order valence-electron chi connectivity index (χ3n) is 5.19. The van der Waals surface area contributed by atoms with Crippen molar-refractivity contribution in [2.24, 2.45) is 13.0 Å². The van der Waals surface area contributed by atoms with Crippen LogP contribution in [0.25, 0.3) is 11.4 Å². The van der Waals surface area contributed by atoms with Crippen LogP contribution in [-0.4, -0.2) is 47.9 Å². The van der Waals surface area contributed by atoms with Gasteiger partial charge in [-0.15, -0.1) is 0 Å². The monoisotopic (exact) mass is 409 g/mol. The van der Waals surface area contributed by atoms with Gasteiger partial charge in [0.25, 0.3) is 0 Å². The van der Waals surface area contributed by atoms with E-state index in [4.69, 9.17) is 9.15 Å². The van der Waals surface area contributed by atoms with Crippen molar-refractivity contribution >= 4 is 9.84 Å². The Morgan fingerprint density at radius 1 is 1.29 bits per heavy atom. The quantitative estimate of drug-likeness (QED) is 0.727. The lowest BCUT2D eigenvalue weighted by molar-refractivity contribution is 0.0723. The van der Waals surface area contributed by atoms with Gasteiger partial charge >= 0.3 is 0 Å². The van der Waals surface area contributed by atoms with Crippen molar-refractivity contribution in [3.8, 4) is 11.4 Å². The highest BCUT2D eigenvalue weighted by Crippen LogP contribution is 2.28. The molecule has 3 rings (SSSR count). The first-order chi connectivity index (χ1) is 13.0. The second-order valence-corrected chi connectivity index (χ2v) is 11.0. The van der Waals surface area contributed by atoms with Crippen LogP contribution in [-0.2, 0) is 27.0 Å². The minimum atomic E-state index is -3.18. The number of aryl methyl sites for hydroxylation is 1. The maximum Gasteiger partial charge on any atom is 0.198 e. The van der Waals surface area contributed by atoms with Crippen LogP contribution in [0.4, 0.5) is 0 Å². The van der Waals surface area contributed by atoms with E-state index in [-0.39, 0.29) is 28.8 Å². The lowest BCUT2D eigenvalue weighted by Crippen LogP contribution is -2.26. The third kappa shape index (κ3) is 5.03. The smallest absolute Gasteiger partial charge is 0.198 e. The summed E-state index contributed by atoms with van der Waals surface area (Å²) in [4.78, 5) is 4.56. The molecule has 0 saturated carbocycles. The fraction of sp³-hybridized carbons (Fsp3) is 0.700. The number of hydrogen-bond donors (Lipinski definition) is 0. The topological polar surface area (TPSA) is 87.2 Å². The van der Waals surface area contributed by atoms with Gasteiger partial charge in [0.05, 0.1) is 22.9 Å².